The van der Waals surface area contributed by atoms with E-state index < -0.39 is 17.8 Å². The first-order valence-corrected chi connectivity index (χ1v) is 10.6. The summed E-state index contributed by atoms with van der Waals surface area (Å²) in [5.41, 5.74) is 5.48. The number of amides is 2. The maximum absolute atomic E-state index is 12.5. The van der Waals surface area contributed by atoms with Crippen molar-refractivity contribution in [1.29, 1.82) is 0 Å². The third-order valence-corrected chi connectivity index (χ3v) is 6.43. The van der Waals surface area contributed by atoms with Crippen LogP contribution in [0.1, 0.15) is 28.7 Å². The number of hydrogen-bond acceptors (Lipinski definition) is 4. The molecule has 1 atom stereocenters. The van der Waals surface area contributed by atoms with E-state index in [1.807, 2.05) is 58.0 Å². The average Bonchev–Trinajstić information content (AvgIpc) is 3.07. The number of anilines is 2. The van der Waals surface area contributed by atoms with Gasteiger partial charge in [-0.1, -0.05) is 28.1 Å². The molecule has 3 rings (SSSR count). The van der Waals surface area contributed by atoms with Gasteiger partial charge in [-0.25, -0.2) is 0 Å². The van der Waals surface area contributed by atoms with Crippen LogP contribution in [0.2, 0.25) is 0 Å². The number of benzene rings is 2. The van der Waals surface area contributed by atoms with Crippen LogP contribution in [0.3, 0.4) is 0 Å². The van der Waals surface area contributed by atoms with E-state index in [4.69, 9.17) is 4.74 Å². The highest BCUT2D eigenvalue weighted by Crippen LogP contribution is 2.29. The highest BCUT2D eigenvalue weighted by molar-refractivity contribution is 9.10. The smallest absolute Gasteiger partial charge is 0.311 e. The van der Waals surface area contributed by atoms with Gasteiger partial charge in [0.05, 0.1) is 5.92 Å². The summed E-state index contributed by atoms with van der Waals surface area (Å²) < 4.78 is 6.18. The molecule has 1 saturated heterocycles. The second-order valence-electron chi connectivity index (χ2n) is 7.78. The quantitative estimate of drug-likeness (QED) is 0.660. The third kappa shape index (κ3) is 4.90. The van der Waals surface area contributed by atoms with E-state index in [2.05, 4.69) is 21.2 Å². The predicted octanol–water partition coefficient (Wildman–Crippen LogP) is 4.22. The van der Waals surface area contributed by atoms with Crippen LogP contribution in [0.5, 0.6) is 0 Å². The molecular weight excluding hydrogens is 448 g/mol. The number of ether oxygens (including phenoxy) is 1. The lowest BCUT2D eigenvalue weighted by Crippen LogP contribution is -2.28. The van der Waals surface area contributed by atoms with E-state index >= 15 is 0 Å². The Morgan fingerprint density at radius 3 is 2.43 bits per heavy atom. The van der Waals surface area contributed by atoms with Crippen LogP contribution in [0, 0.1) is 33.6 Å². The molecule has 1 aliphatic rings. The Morgan fingerprint density at radius 2 is 1.77 bits per heavy atom. The van der Waals surface area contributed by atoms with Gasteiger partial charge < -0.3 is 15.0 Å². The first-order chi connectivity index (χ1) is 14.2. The van der Waals surface area contributed by atoms with Gasteiger partial charge >= 0.3 is 5.97 Å². The topological polar surface area (TPSA) is 75.7 Å². The summed E-state index contributed by atoms with van der Waals surface area (Å²) >= 11 is 3.49. The highest BCUT2D eigenvalue weighted by atomic mass is 79.9. The summed E-state index contributed by atoms with van der Waals surface area (Å²) in [5, 5.41) is 2.74. The van der Waals surface area contributed by atoms with Gasteiger partial charge in [0.2, 0.25) is 5.91 Å². The molecule has 1 N–H and O–H groups in total. The van der Waals surface area contributed by atoms with Gasteiger partial charge in [0.25, 0.3) is 5.91 Å². The van der Waals surface area contributed by atoms with E-state index in [0.29, 0.717) is 5.69 Å². The molecule has 0 unspecified atom stereocenters. The second kappa shape index (κ2) is 9.00. The SMILES string of the molecule is Cc1ccc(C)c(N2C[C@H](C(=O)OCC(=O)Nc3cc(C)c(Br)c(C)c3)CC2=O)c1. The molecular formula is C23H25BrN2O4. The van der Waals surface area contributed by atoms with Crippen molar-refractivity contribution in [2.24, 2.45) is 5.92 Å². The summed E-state index contributed by atoms with van der Waals surface area (Å²) in [5.74, 6) is -1.65. The largest absolute Gasteiger partial charge is 0.455 e. The van der Waals surface area contributed by atoms with E-state index in [9.17, 15) is 14.4 Å². The molecule has 0 spiro atoms. The molecule has 1 aliphatic heterocycles. The van der Waals surface area contributed by atoms with E-state index in [0.717, 1.165) is 32.4 Å². The van der Waals surface area contributed by atoms with Gasteiger partial charge in [-0.05, 0) is 68.1 Å². The number of carbonyl (C=O) groups is 3. The molecule has 1 fully saturated rings. The van der Waals surface area contributed by atoms with Crippen molar-refractivity contribution < 1.29 is 19.1 Å². The van der Waals surface area contributed by atoms with E-state index in [1.165, 1.54) is 0 Å². The number of hydrogen-bond donors (Lipinski definition) is 1. The molecule has 1 heterocycles. The van der Waals surface area contributed by atoms with Gasteiger partial charge in [-0.15, -0.1) is 0 Å². The monoisotopic (exact) mass is 472 g/mol. The minimum absolute atomic E-state index is 0.0823. The molecule has 2 amide bonds. The maximum Gasteiger partial charge on any atom is 0.311 e. The minimum Gasteiger partial charge on any atom is -0.455 e. The van der Waals surface area contributed by atoms with Gasteiger partial charge in [0, 0.05) is 28.8 Å². The van der Waals surface area contributed by atoms with Crippen LogP contribution < -0.4 is 10.2 Å². The van der Waals surface area contributed by atoms with Crippen molar-refractivity contribution in [3.05, 3.63) is 57.1 Å². The van der Waals surface area contributed by atoms with Gasteiger partial charge in [0.15, 0.2) is 6.61 Å². The molecule has 2 aromatic carbocycles. The van der Waals surface area contributed by atoms with Gasteiger partial charge in [0.1, 0.15) is 0 Å². The van der Waals surface area contributed by atoms with Crippen molar-refractivity contribution >= 4 is 45.1 Å². The minimum atomic E-state index is -0.581. The first kappa shape index (κ1) is 22.0. The number of halogens is 1. The van der Waals surface area contributed by atoms with Crippen molar-refractivity contribution in [2.75, 3.05) is 23.4 Å². The van der Waals surface area contributed by atoms with Crippen molar-refractivity contribution in [1.82, 2.24) is 0 Å². The molecule has 0 aromatic heterocycles. The van der Waals surface area contributed by atoms with Crippen LogP contribution in [0.4, 0.5) is 11.4 Å². The average molecular weight is 473 g/mol. The Balaban J connectivity index is 1.57. The van der Waals surface area contributed by atoms with Crippen LogP contribution in [-0.4, -0.2) is 30.9 Å². The molecule has 0 bridgehead atoms. The maximum atomic E-state index is 12.5. The number of rotatable bonds is 5. The normalized spacial score (nSPS) is 16.0. The lowest BCUT2D eigenvalue weighted by molar-refractivity contribution is -0.151. The van der Waals surface area contributed by atoms with Crippen LogP contribution in [0.25, 0.3) is 0 Å². The summed E-state index contributed by atoms with van der Waals surface area (Å²) in [7, 11) is 0. The summed E-state index contributed by atoms with van der Waals surface area (Å²) in [6.07, 6.45) is 0.0823. The number of nitrogens with zero attached hydrogens (tertiary/aromatic N) is 1. The molecule has 2 aromatic rings. The van der Waals surface area contributed by atoms with Crippen molar-refractivity contribution in [3.8, 4) is 0 Å². The zero-order chi connectivity index (χ0) is 22.0. The van der Waals surface area contributed by atoms with Crippen LogP contribution in [-0.2, 0) is 19.1 Å². The molecule has 7 heteroatoms. The first-order valence-electron chi connectivity index (χ1n) is 9.76. The Kier molecular flexibility index (Phi) is 6.61. The standard InChI is InChI=1S/C23H25BrN2O4/c1-13-5-6-14(2)19(7-13)26-11-17(10-21(26)28)23(29)30-12-20(27)25-18-8-15(3)22(24)16(4)9-18/h5-9,17H,10-12H2,1-4H3,(H,25,27)/t17-/m1/s1. The third-order valence-electron chi connectivity index (χ3n) is 5.18. The summed E-state index contributed by atoms with van der Waals surface area (Å²) in [6, 6.07) is 9.57. The second-order valence-corrected chi connectivity index (χ2v) is 8.57. The van der Waals surface area contributed by atoms with E-state index in [-0.39, 0.29) is 25.5 Å². The lowest BCUT2D eigenvalue weighted by atomic mass is 10.1. The number of nitrogens with one attached hydrogen (secondary N) is 1. The molecule has 30 heavy (non-hydrogen) atoms. The van der Waals surface area contributed by atoms with Gasteiger partial charge in [-0.2, -0.15) is 0 Å². The zero-order valence-electron chi connectivity index (χ0n) is 17.5. The summed E-state index contributed by atoms with van der Waals surface area (Å²) in [6.45, 7) is 7.64. The number of aryl methyl sites for hydroxylation is 4. The Hall–Kier alpha value is -2.67. The number of carbonyl (C=O) groups excluding carboxylic acids is 3. The molecule has 0 radical (unpaired) electrons. The Labute approximate surface area is 184 Å². The molecule has 158 valence electrons. The fourth-order valence-corrected chi connectivity index (χ4v) is 3.81. The van der Waals surface area contributed by atoms with Crippen molar-refractivity contribution in [2.45, 2.75) is 34.1 Å². The Morgan fingerprint density at radius 1 is 1.10 bits per heavy atom. The number of esters is 1. The van der Waals surface area contributed by atoms with Crippen molar-refractivity contribution in [3.63, 3.8) is 0 Å². The predicted molar refractivity (Wildman–Crippen MR) is 120 cm³/mol. The Bertz CT molecular complexity index is 995. The molecule has 0 aliphatic carbocycles. The zero-order valence-corrected chi connectivity index (χ0v) is 19.1. The fraction of sp³-hybridized carbons (Fsp3) is 0.348. The fourth-order valence-electron chi connectivity index (χ4n) is 3.58. The van der Waals surface area contributed by atoms with E-state index in [1.54, 1.807) is 4.90 Å². The molecule has 0 saturated carbocycles. The van der Waals surface area contributed by atoms with Crippen LogP contribution >= 0.6 is 15.9 Å². The highest BCUT2D eigenvalue weighted by Gasteiger charge is 2.36. The summed E-state index contributed by atoms with van der Waals surface area (Å²) in [4.78, 5) is 38.7. The van der Waals surface area contributed by atoms with Gasteiger partial charge in [-0.3, -0.25) is 14.4 Å². The lowest BCUT2D eigenvalue weighted by Gasteiger charge is -2.19. The van der Waals surface area contributed by atoms with Crippen LogP contribution in [0.15, 0.2) is 34.8 Å². The molecule has 6 nitrogen and oxygen atoms in total.